The van der Waals surface area contributed by atoms with Gasteiger partial charge in [-0.2, -0.15) is 17.5 Å². The second kappa shape index (κ2) is 5.54. The standard InChI is InChI=1S/C13H14F3NO4S/c1-8-6-10(2-3-11(8)13(14,15)16)22(20,21)17-5-4-9(7-17)12(18)19/h2-3,6,9H,4-5,7H2,1H3,(H,18,19). The van der Waals surface area contributed by atoms with Gasteiger partial charge in [0.1, 0.15) is 0 Å². The number of hydrogen-bond acceptors (Lipinski definition) is 3. The van der Waals surface area contributed by atoms with Crippen LogP contribution in [0.25, 0.3) is 0 Å². The molecule has 122 valence electrons. The molecule has 0 aromatic heterocycles. The minimum absolute atomic E-state index is 0.0410. The van der Waals surface area contributed by atoms with Crippen LogP contribution in [0.5, 0.6) is 0 Å². The topological polar surface area (TPSA) is 74.7 Å². The van der Waals surface area contributed by atoms with Gasteiger partial charge in [-0.1, -0.05) is 0 Å². The van der Waals surface area contributed by atoms with E-state index in [4.69, 9.17) is 5.11 Å². The van der Waals surface area contributed by atoms with E-state index in [1.165, 1.54) is 6.92 Å². The van der Waals surface area contributed by atoms with Gasteiger partial charge in [-0.25, -0.2) is 8.42 Å². The summed E-state index contributed by atoms with van der Waals surface area (Å²) in [5.74, 6) is -1.87. The Morgan fingerprint density at radius 3 is 2.45 bits per heavy atom. The number of sulfonamides is 1. The molecule has 0 bridgehead atoms. The molecular weight excluding hydrogens is 323 g/mol. The van der Waals surface area contributed by atoms with Crippen LogP contribution >= 0.6 is 0 Å². The molecule has 0 radical (unpaired) electrons. The van der Waals surface area contributed by atoms with E-state index < -0.39 is 33.7 Å². The van der Waals surface area contributed by atoms with Gasteiger partial charge < -0.3 is 5.11 Å². The van der Waals surface area contributed by atoms with E-state index in [1.807, 2.05) is 0 Å². The molecule has 0 saturated carbocycles. The molecule has 0 amide bonds. The maximum Gasteiger partial charge on any atom is 0.416 e. The lowest BCUT2D eigenvalue weighted by Crippen LogP contribution is -2.30. The number of carboxylic acids is 1. The van der Waals surface area contributed by atoms with Gasteiger partial charge in [-0.3, -0.25) is 4.79 Å². The highest BCUT2D eigenvalue weighted by molar-refractivity contribution is 7.89. The van der Waals surface area contributed by atoms with Crippen LogP contribution in [-0.4, -0.2) is 36.9 Å². The summed E-state index contributed by atoms with van der Waals surface area (Å²) in [4.78, 5) is 10.6. The number of nitrogens with zero attached hydrogens (tertiary/aromatic N) is 1. The molecule has 1 unspecified atom stereocenters. The van der Waals surface area contributed by atoms with Crippen molar-refractivity contribution < 1.29 is 31.5 Å². The van der Waals surface area contributed by atoms with Gasteiger partial charge in [-0.05, 0) is 37.1 Å². The lowest BCUT2D eigenvalue weighted by atomic mass is 10.1. The smallest absolute Gasteiger partial charge is 0.416 e. The minimum atomic E-state index is -4.55. The molecule has 0 aliphatic carbocycles. The average Bonchev–Trinajstić information content (AvgIpc) is 2.87. The van der Waals surface area contributed by atoms with Crippen molar-refractivity contribution in [2.24, 2.45) is 5.92 Å². The SMILES string of the molecule is Cc1cc(S(=O)(=O)N2CCC(C(=O)O)C2)ccc1C(F)(F)F. The molecule has 1 saturated heterocycles. The van der Waals surface area contributed by atoms with Gasteiger partial charge >= 0.3 is 12.1 Å². The molecule has 1 heterocycles. The van der Waals surface area contributed by atoms with Gasteiger partial charge in [0.15, 0.2) is 0 Å². The van der Waals surface area contributed by atoms with Crippen molar-refractivity contribution in [2.45, 2.75) is 24.4 Å². The first-order valence-electron chi connectivity index (χ1n) is 6.44. The summed E-state index contributed by atoms with van der Waals surface area (Å²) in [6.07, 6.45) is -4.36. The number of aliphatic carboxylic acids is 1. The van der Waals surface area contributed by atoms with Crippen molar-refractivity contribution in [1.82, 2.24) is 4.31 Å². The molecule has 1 atom stereocenters. The van der Waals surface area contributed by atoms with E-state index >= 15 is 0 Å². The first-order valence-corrected chi connectivity index (χ1v) is 7.88. The third kappa shape index (κ3) is 3.09. The first kappa shape index (κ1) is 16.8. The molecular formula is C13H14F3NO4S. The molecule has 1 aliphatic heterocycles. The van der Waals surface area contributed by atoms with Crippen molar-refractivity contribution >= 4 is 16.0 Å². The molecule has 1 aliphatic rings. The number of benzene rings is 1. The van der Waals surface area contributed by atoms with Crippen molar-refractivity contribution in [3.63, 3.8) is 0 Å². The van der Waals surface area contributed by atoms with E-state index in [0.29, 0.717) is 0 Å². The number of carboxylic acid groups (broad SMARTS) is 1. The zero-order valence-corrected chi connectivity index (χ0v) is 12.4. The van der Waals surface area contributed by atoms with E-state index in [-0.39, 0.29) is 30.0 Å². The Morgan fingerprint density at radius 2 is 2.00 bits per heavy atom. The van der Waals surface area contributed by atoms with Crippen LogP contribution in [0.1, 0.15) is 17.5 Å². The van der Waals surface area contributed by atoms with Crippen molar-refractivity contribution in [1.29, 1.82) is 0 Å². The Kier molecular flexibility index (Phi) is 4.22. The van der Waals surface area contributed by atoms with Crippen LogP contribution in [0.15, 0.2) is 23.1 Å². The highest BCUT2D eigenvalue weighted by atomic mass is 32.2. The maximum atomic E-state index is 12.7. The average molecular weight is 337 g/mol. The zero-order valence-electron chi connectivity index (χ0n) is 11.6. The number of carbonyl (C=O) groups is 1. The number of rotatable bonds is 3. The fraction of sp³-hybridized carbons (Fsp3) is 0.462. The molecule has 2 rings (SSSR count). The molecule has 1 N–H and O–H groups in total. The predicted molar refractivity (Wildman–Crippen MR) is 70.7 cm³/mol. The second-order valence-corrected chi connectivity index (χ2v) is 7.10. The third-order valence-electron chi connectivity index (χ3n) is 3.64. The number of halogens is 3. The Morgan fingerprint density at radius 1 is 1.36 bits per heavy atom. The molecule has 9 heteroatoms. The van der Waals surface area contributed by atoms with E-state index in [1.54, 1.807) is 0 Å². The molecule has 0 spiro atoms. The van der Waals surface area contributed by atoms with Gasteiger partial charge in [0.25, 0.3) is 0 Å². The normalized spacial score (nSPS) is 20.3. The monoisotopic (exact) mass is 337 g/mol. The van der Waals surface area contributed by atoms with Crippen LogP contribution in [-0.2, 0) is 21.0 Å². The van der Waals surface area contributed by atoms with E-state index in [9.17, 15) is 26.4 Å². The zero-order chi connectivity index (χ0) is 16.7. The Hall–Kier alpha value is -1.61. The van der Waals surface area contributed by atoms with Crippen LogP contribution in [0, 0.1) is 12.8 Å². The molecule has 1 fully saturated rings. The van der Waals surface area contributed by atoms with E-state index in [0.717, 1.165) is 22.5 Å². The van der Waals surface area contributed by atoms with Crippen LogP contribution < -0.4 is 0 Å². The van der Waals surface area contributed by atoms with Gasteiger partial charge in [0.2, 0.25) is 10.0 Å². The van der Waals surface area contributed by atoms with Crippen molar-refractivity contribution in [3.05, 3.63) is 29.3 Å². The molecule has 1 aromatic rings. The Bertz CT molecular complexity index is 700. The molecule has 22 heavy (non-hydrogen) atoms. The largest absolute Gasteiger partial charge is 0.481 e. The number of hydrogen-bond donors (Lipinski definition) is 1. The second-order valence-electron chi connectivity index (χ2n) is 5.16. The Labute approximate surface area is 125 Å². The summed E-state index contributed by atoms with van der Waals surface area (Å²) in [6, 6.07) is 2.60. The van der Waals surface area contributed by atoms with Crippen LogP contribution in [0.2, 0.25) is 0 Å². The van der Waals surface area contributed by atoms with Gasteiger partial charge in [-0.15, -0.1) is 0 Å². The summed E-state index contributed by atoms with van der Waals surface area (Å²) < 4.78 is 63.8. The highest BCUT2D eigenvalue weighted by Crippen LogP contribution is 2.33. The Balaban J connectivity index is 2.32. The van der Waals surface area contributed by atoms with E-state index in [2.05, 4.69) is 0 Å². The van der Waals surface area contributed by atoms with Gasteiger partial charge in [0, 0.05) is 13.1 Å². The highest BCUT2D eigenvalue weighted by Gasteiger charge is 2.37. The molecule has 5 nitrogen and oxygen atoms in total. The fourth-order valence-electron chi connectivity index (χ4n) is 2.41. The quantitative estimate of drug-likeness (QED) is 0.917. The van der Waals surface area contributed by atoms with Gasteiger partial charge in [0.05, 0.1) is 16.4 Å². The van der Waals surface area contributed by atoms with Crippen molar-refractivity contribution in [3.8, 4) is 0 Å². The first-order chi connectivity index (χ1) is 10.0. The lowest BCUT2D eigenvalue weighted by Gasteiger charge is -2.17. The maximum absolute atomic E-state index is 12.7. The summed E-state index contributed by atoms with van der Waals surface area (Å²) >= 11 is 0. The van der Waals surface area contributed by atoms with Crippen LogP contribution in [0.4, 0.5) is 13.2 Å². The fourth-order valence-corrected chi connectivity index (χ4v) is 4.00. The molecule has 1 aromatic carbocycles. The van der Waals surface area contributed by atoms with Crippen molar-refractivity contribution in [2.75, 3.05) is 13.1 Å². The summed E-state index contributed by atoms with van der Waals surface area (Å²) in [5, 5.41) is 8.89. The summed E-state index contributed by atoms with van der Waals surface area (Å²) in [5.41, 5.74) is -1.08. The lowest BCUT2D eigenvalue weighted by molar-refractivity contribution is -0.141. The number of alkyl halides is 3. The van der Waals surface area contributed by atoms with Crippen LogP contribution in [0.3, 0.4) is 0 Å². The minimum Gasteiger partial charge on any atom is -0.481 e. The summed E-state index contributed by atoms with van der Waals surface area (Å²) in [7, 11) is -3.99. The predicted octanol–water partition coefficient (Wildman–Crippen LogP) is 2.11. The third-order valence-corrected chi connectivity index (χ3v) is 5.50. The number of aryl methyl sites for hydroxylation is 1. The summed E-state index contributed by atoms with van der Waals surface area (Å²) in [6.45, 7) is 1.06.